The molecule has 0 amide bonds. The molecule has 0 saturated carbocycles. The molecule has 0 radical (unpaired) electrons. The summed E-state index contributed by atoms with van der Waals surface area (Å²) in [6.07, 6.45) is 0. The number of aromatic amines is 1. The summed E-state index contributed by atoms with van der Waals surface area (Å²) < 4.78 is 13.6. The second-order valence-electron chi connectivity index (χ2n) is 4.30. The van der Waals surface area contributed by atoms with E-state index in [0.717, 1.165) is 11.0 Å². The first-order valence-corrected chi connectivity index (χ1v) is 6.71. The van der Waals surface area contributed by atoms with Crippen LogP contribution in [0, 0.1) is 5.82 Å². The molecule has 3 rings (SSSR count). The molecule has 0 aliphatic heterocycles. The van der Waals surface area contributed by atoms with E-state index in [1.807, 2.05) is 6.07 Å². The van der Waals surface area contributed by atoms with Gasteiger partial charge in [0.25, 0.3) is 0 Å². The molecule has 0 unspecified atom stereocenters. The molecule has 0 fully saturated rings. The van der Waals surface area contributed by atoms with Gasteiger partial charge in [-0.1, -0.05) is 29.3 Å². The van der Waals surface area contributed by atoms with Gasteiger partial charge in [-0.05, 0) is 30.3 Å². The second kappa shape index (κ2) is 5.31. The number of nitrogens with zero attached hydrogens (tertiary/aromatic N) is 1. The van der Waals surface area contributed by atoms with Crippen LogP contribution in [0.4, 0.5) is 10.3 Å². The van der Waals surface area contributed by atoms with Gasteiger partial charge in [-0.2, -0.15) is 0 Å². The van der Waals surface area contributed by atoms with E-state index in [4.69, 9.17) is 23.2 Å². The number of imidazole rings is 1. The number of halogens is 3. The van der Waals surface area contributed by atoms with Crippen molar-refractivity contribution >= 4 is 40.2 Å². The van der Waals surface area contributed by atoms with Crippen LogP contribution in [-0.4, -0.2) is 9.97 Å². The summed E-state index contributed by atoms with van der Waals surface area (Å²) in [6, 6.07) is 9.97. The molecule has 0 aliphatic carbocycles. The third-order valence-electron chi connectivity index (χ3n) is 2.94. The topological polar surface area (TPSA) is 40.7 Å². The maximum absolute atomic E-state index is 13.6. The first-order valence-electron chi connectivity index (χ1n) is 5.95. The molecular formula is C14H10Cl2FN3. The monoisotopic (exact) mass is 309 g/mol. The largest absolute Gasteiger partial charge is 0.352 e. The first kappa shape index (κ1) is 13.2. The normalized spacial score (nSPS) is 10.9. The maximum atomic E-state index is 13.6. The van der Waals surface area contributed by atoms with Crippen LogP contribution < -0.4 is 5.32 Å². The minimum atomic E-state index is -0.343. The fourth-order valence-corrected chi connectivity index (χ4v) is 2.34. The lowest BCUT2D eigenvalue weighted by Crippen LogP contribution is -2.03. The van der Waals surface area contributed by atoms with Crippen LogP contribution in [0.2, 0.25) is 10.0 Å². The average Bonchev–Trinajstić information content (AvgIpc) is 2.80. The van der Waals surface area contributed by atoms with Crippen molar-refractivity contribution in [3.05, 3.63) is 57.8 Å². The molecule has 0 spiro atoms. The summed E-state index contributed by atoms with van der Waals surface area (Å²) in [5, 5.41) is 4.03. The summed E-state index contributed by atoms with van der Waals surface area (Å²) in [6.45, 7) is 0.249. The van der Waals surface area contributed by atoms with E-state index in [-0.39, 0.29) is 12.4 Å². The van der Waals surface area contributed by atoms with E-state index in [1.165, 1.54) is 6.07 Å². The van der Waals surface area contributed by atoms with Gasteiger partial charge in [0.2, 0.25) is 5.95 Å². The molecule has 0 saturated heterocycles. The van der Waals surface area contributed by atoms with Gasteiger partial charge in [-0.25, -0.2) is 9.37 Å². The lowest BCUT2D eigenvalue weighted by Gasteiger charge is -2.06. The number of aromatic nitrogens is 2. The molecule has 20 heavy (non-hydrogen) atoms. The highest BCUT2D eigenvalue weighted by molar-refractivity contribution is 6.31. The molecule has 1 aromatic heterocycles. The molecule has 3 nitrogen and oxygen atoms in total. The van der Waals surface area contributed by atoms with Crippen molar-refractivity contribution in [2.75, 3.05) is 5.32 Å². The third kappa shape index (κ3) is 2.57. The van der Waals surface area contributed by atoms with Crippen molar-refractivity contribution < 1.29 is 4.39 Å². The van der Waals surface area contributed by atoms with Gasteiger partial charge in [-0.3, -0.25) is 0 Å². The summed E-state index contributed by atoms with van der Waals surface area (Å²) in [4.78, 5) is 7.41. The number of anilines is 1. The molecule has 0 aliphatic rings. The van der Waals surface area contributed by atoms with E-state index in [2.05, 4.69) is 15.3 Å². The highest BCUT2D eigenvalue weighted by Gasteiger charge is 2.08. The van der Waals surface area contributed by atoms with Crippen LogP contribution >= 0.6 is 23.2 Å². The van der Waals surface area contributed by atoms with Crippen LogP contribution in [0.5, 0.6) is 0 Å². The molecule has 6 heteroatoms. The Morgan fingerprint density at radius 3 is 2.85 bits per heavy atom. The highest BCUT2D eigenvalue weighted by Crippen LogP contribution is 2.22. The smallest absolute Gasteiger partial charge is 0.201 e. The lowest BCUT2D eigenvalue weighted by atomic mass is 10.2. The molecule has 3 aromatic rings. The summed E-state index contributed by atoms with van der Waals surface area (Å²) in [5.41, 5.74) is 2.02. The van der Waals surface area contributed by atoms with Gasteiger partial charge in [-0.15, -0.1) is 0 Å². The zero-order valence-corrected chi connectivity index (χ0v) is 11.8. The Bertz CT molecular complexity index is 750. The maximum Gasteiger partial charge on any atom is 0.201 e. The SMILES string of the molecule is Fc1cccc(Cl)c1CNc1nc2ccc(Cl)cc2[nH]1. The van der Waals surface area contributed by atoms with E-state index < -0.39 is 0 Å². The summed E-state index contributed by atoms with van der Waals surface area (Å²) in [5.74, 6) is 0.200. The van der Waals surface area contributed by atoms with E-state index >= 15 is 0 Å². The number of H-pyrrole nitrogens is 1. The molecule has 0 atom stereocenters. The van der Waals surface area contributed by atoms with Crippen LogP contribution in [0.25, 0.3) is 11.0 Å². The Kier molecular flexibility index (Phi) is 3.51. The first-order chi connectivity index (χ1) is 9.63. The quantitative estimate of drug-likeness (QED) is 0.741. The molecule has 1 heterocycles. The number of hydrogen-bond acceptors (Lipinski definition) is 2. The Hall–Kier alpha value is -1.78. The molecule has 2 N–H and O–H groups in total. The van der Waals surface area contributed by atoms with Crippen LogP contribution in [-0.2, 0) is 6.54 Å². The van der Waals surface area contributed by atoms with Crippen molar-refractivity contribution in [3.63, 3.8) is 0 Å². The van der Waals surface area contributed by atoms with Crippen molar-refractivity contribution in [2.24, 2.45) is 0 Å². The van der Waals surface area contributed by atoms with Crippen molar-refractivity contribution in [1.82, 2.24) is 9.97 Å². The lowest BCUT2D eigenvalue weighted by molar-refractivity contribution is 0.613. The molecule has 102 valence electrons. The average molecular weight is 310 g/mol. The third-order valence-corrected chi connectivity index (χ3v) is 3.53. The Labute approximate surface area is 124 Å². The number of hydrogen-bond donors (Lipinski definition) is 2. The van der Waals surface area contributed by atoms with Crippen LogP contribution in [0.3, 0.4) is 0 Å². The van der Waals surface area contributed by atoms with Crippen LogP contribution in [0.1, 0.15) is 5.56 Å². The number of benzene rings is 2. The fraction of sp³-hybridized carbons (Fsp3) is 0.0714. The van der Waals surface area contributed by atoms with Crippen molar-refractivity contribution in [3.8, 4) is 0 Å². The number of rotatable bonds is 3. The van der Waals surface area contributed by atoms with Crippen molar-refractivity contribution in [2.45, 2.75) is 6.54 Å². The predicted molar refractivity (Wildman–Crippen MR) is 79.8 cm³/mol. The number of nitrogens with one attached hydrogen (secondary N) is 2. The Balaban J connectivity index is 1.83. The minimum Gasteiger partial charge on any atom is -0.352 e. The predicted octanol–water partition coefficient (Wildman–Crippen LogP) is 4.62. The standard InChI is InChI=1S/C14H10Cl2FN3/c15-8-4-5-12-13(6-8)20-14(19-12)18-7-9-10(16)2-1-3-11(9)17/h1-6H,7H2,(H2,18,19,20). The van der Waals surface area contributed by atoms with Gasteiger partial charge in [0.05, 0.1) is 11.0 Å². The van der Waals surface area contributed by atoms with Crippen molar-refractivity contribution in [1.29, 1.82) is 0 Å². The zero-order valence-electron chi connectivity index (χ0n) is 10.3. The number of fused-ring (bicyclic) bond motifs is 1. The van der Waals surface area contributed by atoms with E-state index in [0.29, 0.717) is 21.6 Å². The second-order valence-corrected chi connectivity index (χ2v) is 5.14. The highest BCUT2D eigenvalue weighted by atomic mass is 35.5. The minimum absolute atomic E-state index is 0.249. The Morgan fingerprint density at radius 2 is 2.05 bits per heavy atom. The Morgan fingerprint density at radius 1 is 1.20 bits per heavy atom. The van der Waals surface area contributed by atoms with Gasteiger partial charge < -0.3 is 10.3 Å². The fourth-order valence-electron chi connectivity index (χ4n) is 1.94. The van der Waals surface area contributed by atoms with Gasteiger partial charge in [0, 0.05) is 22.2 Å². The van der Waals surface area contributed by atoms with Gasteiger partial charge in [0.1, 0.15) is 5.82 Å². The van der Waals surface area contributed by atoms with Crippen LogP contribution in [0.15, 0.2) is 36.4 Å². The molecular weight excluding hydrogens is 300 g/mol. The summed E-state index contributed by atoms with van der Waals surface area (Å²) >= 11 is 11.9. The zero-order chi connectivity index (χ0) is 14.1. The molecule has 0 bridgehead atoms. The van der Waals surface area contributed by atoms with E-state index in [1.54, 1.807) is 24.3 Å². The van der Waals surface area contributed by atoms with E-state index in [9.17, 15) is 4.39 Å². The van der Waals surface area contributed by atoms with Gasteiger partial charge >= 0.3 is 0 Å². The molecule has 2 aromatic carbocycles. The van der Waals surface area contributed by atoms with Gasteiger partial charge in [0.15, 0.2) is 0 Å². The summed E-state index contributed by atoms with van der Waals surface area (Å²) in [7, 11) is 0.